The second kappa shape index (κ2) is 5.63. The van der Waals surface area contributed by atoms with Crippen molar-refractivity contribution in [3.8, 4) is 22.3 Å². The molecule has 0 bridgehead atoms. The molecule has 0 radical (unpaired) electrons. The Labute approximate surface area is 110 Å². The van der Waals surface area contributed by atoms with Crippen LogP contribution in [0.3, 0.4) is 0 Å². The molecule has 0 unspecified atom stereocenters. The number of nitrogens with two attached hydrogens (primary N) is 1. The van der Waals surface area contributed by atoms with Gasteiger partial charge in [-0.3, -0.25) is 0 Å². The van der Waals surface area contributed by atoms with Crippen LogP contribution in [0.25, 0.3) is 10.4 Å². The van der Waals surface area contributed by atoms with E-state index in [-0.39, 0.29) is 0 Å². The second-order valence-corrected chi connectivity index (χ2v) is 4.64. The van der Waals surface area contributed by atoms with Crippen molar-refractivity contribution in [3.05, 3.63) is 35.0 Å². The van der Waals surface area contributed by atoms with Gasteiger partial charge in [0.15, 0.2) is 5.69 Å². The van der Waals surface area contributed by atoms with Gasteiger partial charge >= 0.3 is 0 Å². The minimum absolute atomic E-state index is 0.358. The predicted molar refractivity (Wildman–Crippen MR) is 71.3 cm³/mol. The first-order valence-corrected chi connectivity index (χ1v) is 6.43. The van der Waals surface area contributed by atoms with Gasteiger partial charge in [-0.05, 0) is 36.8 Å². The first kappa shape index (κ1) is 12.6. The Hall–Kier alpha value is -1.90. The van der Waals surface area contributed by atoms with Crippen molar-refractivity contribution in [1.82, 2.24) is 4.98 Å². The third kappa shape index (κ3) is 2.50. The molecule has 0 saturated carbocycles. The number of thiazole rings is 1. The molecule has 18 heavy (non-hydrogen) atoms. The van der Waals surface area contributed by atoms with Crippen LogP contribution in [-0.2, 0) is 6.54 Å². The lowest BCUT2D eigenvalue weighted by Crippen LogP contribution is -1.94. The molecule has 2 aromatic rings. The van der Waals surface area contributed by atoms with E-state index in [4.69, 9.17) is 15.7 Å². The molecule has 0 atom stereocenters. The molecule has 2 N–H and O–H groups in total. The van der Waals surface area contributed by atoms with E-state index in [9.17, 15) is 0 Å². The highest BCUT2D eigenvalue weighted by molar-refractivity contribution is 7.15. The minimum Gasteiger partial charge on any atom is -0.494 e. The van der Waals surface area contributed by atoms with E-state index in [1.807, 2.05) is 31.2 Å². The fourth-order valence-electron chi connectivity index (χ4n) is 1.59. The van der Waals surface area contributed by atoms with Crippen molar-refractivity contribution in [1.29, 1.82) is 5.26 Å². The normalized spacial score (nSPS) is 10.1. The molecule has 1 heterocycles. The van der Waals surface area contributed by atoms with E-state index < -0.39 is 0 Å². The lowest BCUT2D eigenvalue weighted by molar-refractivity contribution is 0.340. The van der Waals surface area contributed by atoms with Gasteiger partial charge in [0.1, 0.15) is 16.8 Å². The molecule has 0 saturated heterocycles. The molecular weight excluding hydrogens is 246 g/mol. The lowest BCUT2D eigenvalue weighted by Gasteiger charge is -2.03. The van der Waals surface area contributed by atoms with E-state index in [0.717, 1.165) is 21.2 Å². The molecule has 0 aliphatic heterocycles. The van der Waals surface area contributed by atoms with Crippen LogP contribution in [0.15, 0.2) is 24.3 Å². The molecule has 0 aliphatic rings. The second-order valence-electron chi connectivity index (χ2n) is 3.56. The van der Waals surface area contributed by atoms with Crippen molar-refractivity contribution in [2.45, 2.75) is 13.5 Å². The lowest BCUT2D eigenvalue weighted by atomic mass is 10.1. The summed E-state index contributed by atoms with van der Waals surface area (Å²) < 4.78 is 5.38. The van der Waals surface area contributed by atoms with Gasteiger partial charge in [0.2, 0.25) is 0 Å². The maximum atomic E-state index is 9.06. The van der Waals surface area contributed by atoms with Crippen molar-refractivity contribution in [2.75, 3.05) is 6.61 Å². The summed E-state index contributed by atoms with van der Waals surface area (Å²) in [5.74, 6) is 0.823. The van der Waals surface area contributed by atoms with E-state index in [1.54, 1.807) is 0 Å². The fourth-order valence-corrected chi connectivity index (χ4v) is 2.49. The summed E-state index contributed by atoms with van der Waals surface area (Å²) in [6.07, 6.45) is 0. The highest BCUT2D eigenvalue weighted by Crippen LogP contribution is 2.31. The highest BCUT2D eigenvalue weighted by Gasteiger charge is 2.11. The van der Waals surface area contributed by atoms with Crippen LogP contribution in [0, 0.1) is 11.3 Å². The van der Waals surface area contributed by atoms with Crippen molar-refractivity contribution in [2.24, 2.45) is 5.73 Å². The fraction of sp³-hybridized carbons (Fsp3) is 0.231. The van der Waals surface area contributed by atoms with Gasteiger partial charge in [-0.15, -0.1) is 11.3 Å². The van der Waals surface area contributed by atoms with Gasteiger partial charge in [-0.25, -0.2) is 4.98 Å². The summed E-state index contributed by atoms with van der Waals surface area (Å²) in [7, 11) is 0. The van der Waals surface area contributed by atoms with Crippen molar-refractivity contribution >= 4 is 11.3 Å². The average molecular weight is 259 g/mol. The minimum atomic E-state index is 0.358. The Morgan fingerprint density at radius 2 is 2.11 bits per heavy atom. The summed E-state index contributed by atoms with van der Waals surface area (Å²) in [4.78, 5) is 5.05. The summed E-state index contributed by atoms with van der Waals surface area (Å²) in [5, 5.41) is 9.83. The van der Waals surface area contributed by atoms with Gasteiger partial charge in [0, 0.05) is 6.54 Å². The Morgan fingerprint density at radius 3 is 2.67 bits per heavy atom. The number of hydrogen-bond donors (Lipinski definition) is 1. The quantitative estimate of drug-likeness (QED) is 0.915. The summed E-state index contributed by atoms with van der Waals surface area (Å²) in [6, 6.07) is 9.74. The largest absolute Gasteiger partial charge is 0.494 e. The number of hydrogen-bond acceptors (Lipinski definition) is 5. The van der Waals surface area contributed by atoms with Crippen LogP contribution < -0.4 is 10.5 Å². The topological polar surface area (TPSA) is 71.9 Å². The van der Waals surface area contributed by atoms with Crippen LogP contribution >= 0.6 is 11.3 Å². The molecule has 0 fully saturated rings. The number of rotatable bonds is 4. The molecule has 0 amide bonds. The van der Waals surface area contributed by atoms with E-state index in [0.29, 0.717) is 18.8 Å². The first-order chi connectivity index (χ1) is 8.78. The molecule has 92 valence electrons. The van der Waals surface area contributed by atoms with Crippen LogP contribution in [0.4, 0.5) is 0 Å². The molecule has 4 nitrogen and oxygen atoms in total. The molecule has 0 spiro atoms. The zero-order valence-electron chi connectivity index (χ0n) is 10.0. The molecule has 5 heteroatoms. The van der Waals surface area contributed by atoms with Crippen LogP contribution in [0.5, 0.6) is 5.75 Å². The smallest absolute Gasteiger partial charge is 0.159 e. The van der Waals surface area contributed by atoms with Crippen LogP contribution in [0.1, 0.15) is 17.6 Å². The Balaban J connectivity index is 2.36. The number of aromatic nitrogens is 1. The van der Waals surface area contributed by atoms with Crippen molar-refractivity contribution < 1.29 is 4.74 Å². The number of nitriles is 1. The monoisotopic (exact) mass is 259 g/mol. The highest BCUT2D eigenvalue weighted by atomic mass is 32.1. The number of ether oxygens (including phenoxy) is 1. The third-order valence-corrected chi connectivity index (χ3v) is 3.51. The van der Waals surface area contributed by atoms with Crippen molar-refractivity contribution in [3.63, 3.8) is 0 Å². The third-order valence-electron chi connectivity index (χ3n) is 2.38. The standard InChI is InChI=1S/C13H13N3OS/c1-2-17-10-5-3-9(4-6-10)13-11(7-14)16-12(8-15)18-13/h3-6H,2,8,15H2,1H3. The predicted octanol–water partition coefficient (Wildman–Crippen LogP) is 2.54. The zero-order chi connectivity index (χ0) is 13.0. The van der Waals surface area contributed by atoms with Gasteiger partial charge in [0.25, 0.3) is 0 Å². The van der Waals surface area contributed by atoms with Gasteiger partial charge in [-0.2, -0.15) is 5.26 Å². The maximum absolute atomic E-state index is 9.06. The molecule has 1 aromatic carbocycles. The van der Waals surface area contributed by atoms with Crippen LogP contribution in [-0.4, -0.2) is 11.6 Å². The summed E-state index contributed by atoms with van der Waals surface area (Å²) in [6.45, 7) is 2.94. The molecule has 1 aromatic heterocycles. The summed E-state index contributed by atoms with van der Waals surface area (Å²) >= 11 is 1.46. The summed E-state index contributed by atoms with van der Waals surface area (Å²) in [5.41, 5.74) is 6.95. The van der Waals surface area contributed by atoms with Crippen LogP contribution in [0.2, 0.25) is 0 Å². The molecule has 2 rings (SSSR count). The first-order valence-electron chi connectivity index (χ1n) is 5.61. The average Bonchev–Trinajstić information content (AvgIpc) is 2.83. The molecular formula is C13H13N3OS. The zero-order valence-corrected chi connectivity index (χ0v) is 10.8. The van der Waals surface area contributed by atoms with Gasteiger partial charge < -0.3 is 10.5 Å². The maximum Gasteiger partial charge on any atom is 0.159 e. The molecule has 0 aliphatic carbocycles. The van der Waals surface area contributed by atoms with Gasteiger partial charge in [0.05, 0.1) is 11.5 Å². The number of nitrogens with zero attached hydrogens (tertiary/aromatic N) is 2. The van der Waals surface area contributed by atoms with Gasteiger partial charge in [-0.1, -0.05) is 0 Å². The number of benzene rings is 1. The van der Waals surface area contributed by atoms with E-state index >= 15 is 0 Å². The Bertz CT molecular complexity index is 569. The Kier molecular flexibility index (Phi) is 3.92. The van der Waals surface area contributed by atoms with E-state index in [2.05, 4.69) is 11.1 Å². The Morgan fingerprint density at radius 1 is 1.39 bits per heavy atom. The van der Waals surface area contributed by atoms with E-state index in [1.165, 1.54) is 11.3 Å². The SMILES string of the molecule is CCOc1ccc(-c2sc(CN)nc2C#N)cc1.